The molecule has 2 unspecified atom stereocenters. The van der Waals surface area contributed by atoms with Crippen molar-refractivity contribution < 1.29 is 9.59 Å². The maximum atomic E-state index is 12.1. The first-order valence-electron chi connectivity index (χ1n) is 9.79. The monoisotopic (exact) mass is 345 g/mol. The SMILES string of the molecule is CN1C(=O)C=C[C@@]2(C)C1CC[C@@H]1[C@H]2CC[C@]2(C)C(NC(N)=O)CC[C@@H]12. The molecule has 5 nitrogen and oxygen atoms in total. The summed E-state index contributed by atoms with van der Waals surface area (Å²) in [7, 11) is 1.96. The van der Waals surface area contributed by atoms with Gasteiger partial charge in [-0.3, -0.25) is 4.79 Å². The number of hydrogen-bond donors (Lipinski definition) is 2. The lowest BCUT2D eigenvalue weighted by Gasteiger charge is -2.60. The molecule has 3 N–H and O–H groups in total. The van der Waals surface area contributed by atoms with Crippen molar-refractivity contribution in [2.45, 2.75) is 64.5 Å². The van der Waals surface area contributed by atoms with E-state index in [-0.39, 0.29) is 28.8 Å². The van der Waals surface area contributed by atoms with Crippen LogP contribution in [0.1, 0.15) is 52.4 Å². The Labute approximate surface area is 150 Å². The molecule has 4 rings (SSSR count). The number of amides is 3. The van der Waals surface area contributed by atoms with E-state index in [0.29, 0.717) is 23.8 Å². The third kappa shape index (κ3) is 2.27. The summed E-state index contributed by atoms with van der Waals surface area (Å²) in [5.41, 5.74) is 5.68. The van der Waals surface area contributed by atoms with Gasteiger partial charge in [0.25, 0.3) is 0 Å². The first-order valence-corrected chi connectivity index (χ1v) is 9.79. The summed E-state index contributed by atoms with van der Waals surface area (Å²) in [6.45, 7) is 4.73. The van der Waals surface area contributed by atoms with Gasteiger partial charge in [-0.1, -0.05) is 19.9 Å². The number of fused-ring (bicyclic) bond motifs is 5. The van der Waals surface area contributed by atoms with Gasteiger partial charge < -0.3 is 16.0 Å². The Bertz CT molecular complexity index is 632. The molecular weight excluding hydrogens is 314 g/mol. The number of primary amides is 1. The molecule has 1 heterocycles. The second-order valence-electron chi connectivity index (χ2n) is 9.30. The number of likely N-dealkylation sites (N-methyl/N-ethyl adjacent to an activating group) is 1. The molecule has 1 aliphatic heterocycles. The number of nitrogens with zero attached hydrogens (tertiary/aromatic N) is 1. The van der Waals surface area contributed by atoms with Crippen molar-refractivity contribution in [3.05, 3.63) is 12.2 Å². The van der Waals surface area contributed by atoms with Gasteiger partial charge in [-0.15, -0.1) is 0 Å². The zero-order valence-electron chi connectivity index (χ0n) is 15.6. The largest absolute Gasteiger partial charge is 0.352 e. The van der Waals surface area contributed by atoms with E-state index < -0.39 is 0 Å². The van der Waals surface area contributed by atoms with Gasteiger partial charge in [-0.2, -0.15) is 0 Å². The Hall–Kier alpha value is -1.52. The quantitative estimate of drug-likeness (QED) is 0.766. The van der Waals surface area contributed by atoms with Crippen molar-refractivity contribution in [2.75, 3.05) is 7.05 Å². The van der Waals surface area contributed by atoms with Gasteiger partial charge in [0, 0.05) is 24.5 Å². The molecule has 0 spiro atoms. The van der Waals surface area contributed by atoms with Gasteiger partial charge in [-0.05, 0) is 67.8 Å². The van der Waals surface area contributed by atoms with Crippen LogP contribution in [0.25, 0.3) is 0 Å². The number of hydrogen-bond acceptors (Lipinski definition) is 2. The maximum Gasteiger partial charge on any atom is 0.312 e. The van der Waals surface area contributed by atoms with Crippen LogP contribution >= 0.6 is 0 Å². The number of rotatable bonds is 1. The van der Waals surface area contributed by atoms with Crippen molar-refractivity contribution in [2.24, 2.45) is 34.3 Å². The van der Waals surface area contributed by atoms with E-state index in [9.17, 15) is 9.59 Å². The smallest absolute Gasteiger partial charge is 0.312 e. The van der Waals surface area contributed by atoms with Crippen LogP contribution < -0.4 is 11.1 Å². The predicted molar refractivity (Wildman–Crippen MR) is 96.6 cm³/mol. The summed E-state index contributed by atoms with van der Waals surface area (Å²) in [4.78, 5) is 25.5. The Morgan fingerprint density at radius 1 is 1.20 bits per heavy atom. The van der Waals surface area contributed by atoms with E-state index in [1.165, 1.54) is 19.3 Å². The molecular formula is C20H31N3O2. The third-order valence-corrected chi connectivity index (χ3v) is 8.44. The van der Waals surface area contributed by atoms with E-state index >= 15 is 0 Å². The van der Waals surface area contributed by atoms with Gasteiger partial charge in [0.15, 0.2) is 0 Å². The molecule has 3 aliphatic carbocycles. The molecule has 3 amide bonds. The van der Waals surface area contributed by atoms with Gasteiger partial charge in [0.1, 0.15) is 0 Å². The molecule has 3 fully saturated rings. The van der Waals surface area contributed by atoms with E-state index in [2.05, 4.69) is 25.2 Å². The molecule has 5 heteroatoms. The van der Waals surface area contributed by atoms with Crippen molar-refractivity contribution >= 4 is 11.9 Å². The highest BCUT2D eigenvalue weighted by Crippen LogP contribution is 2.63. The van der Waals surface area contributed by atoms with Crippen molar-refractivity contribution in [1.82, 2.24) is 10.2 Å². The Morgan fingerprint density at radius 2 is 1.96 bits per heavy atom. The first-order chi connectivity index (χ1) is 11.8. The minimum Gasteiger partial charge on any atom is -0.352 e. The molecule has 0 aromatic heterocycles. The normalized spacial score (nSPS) is 48.5. The number of carbonyl (C=O) groups is 2. The number of nitrogens with one attached hydrogen (secondary N) is 1. The van der Waals surface area contributed by atoms with Crippen molar-refractivity contribution in [1.29, 1.82) is 0 Å². The minimum absolute atomic E-state index is 0.0854. The fraction of sp³-hybridized carbons (Fsp3) is 0.800. The molecule has 0 aromatic carbocycles. The van der Waals surface area contributed by atoms with Crippen molar-refractivity contribution in [3.63, 3.8) is 0 Å². The first kappa shape index (κ1) is 16.9. The molecule has 7 atom stereocenters. The fourth-order valence-electron chi connectivity index (χ4n) is 7.15. The van der Waals surface area contributed by atoms with E-state index in [1.807, 2.05) is 11.9 Å². The van der Waals surface area contributed by atoms with Crippen LogP contribution in [-0.4, -0.2) is 36.0 Å². The van der Waals surface area contributed by atoms with Crippen LogP contribution in [-0.2, 0) is 4.79 Å². The molecule has 0 radical (unpaired) electrons. The minimum atomic E-state index is -0.389. The van der Waals surface area contributed by atoms with Crippen LogP contribution in [0.5, 0.6) is 0 Å². The van der Waals surface area contributed by atoms with E-state index in [0.717, 1.165) is 19.3 Å². The third-order valence-electron chi connectivity index (χ3n) is 8.44. The summed E-state index contributed by atoms with van der Waals surface area (Å²) < 4.78 is 0. The Kier molecular flexibility index (Phi) is 3.71. The second-order valence-corrected chi connectivity index (χ2v) is 9.30. The van der Waals surface area contributed by atoms with Crippen molar-refractivity contribution in [3.8, 4) is 0 Å². The number of carbonyl (C=O) groups excluding carboxylic acids is 2. The standard InChI is InChI=1S/C20H31N3O2/c1-19-10-8-14-12(13(19)5-6-15(19)22-18(21)25)4-7-16-20(14,2)11-9-17(24)23(16)3/h9,11-16H,4-8,10H2,1-3H3,(H3,21,22,25)/t12-,13-,14+,15?,16?,19-,20+/m0/s1. The van der Waals surface area contributed by atoms with Crippen LogP contribution in [0.15, 0.2) is 12.2 Å². The van der Waals surface area contributed by atoms with Gasteiger partial charge in [0.05, 0.1) is 0 Å². The highest BCUT2D eigenvalue weighted by atomic mass is 16.2. The van der Waals surface area contributed by atoms with Crippen LogP contribution in [0.2, 0.25) is 0 Å². The number of nitrogens with two attached hydrogens (primary N) is 1. The lowest BCUT2D eigenvalue weighted by molar-refractivity contribution is -0.138. The zero-order chi connectivity index (χ0) is 18.0. The Balaban J connectivity index is 1.63. The second kappa shape index (κ2) is 5.49. The van der Waals surface area contributed by atoms with Crippen LogP contribution in [0, 0.1) is 28.6 Å². The maximum absolute atomic E-state index is 12.1. The van der Waals surface area contributed by atoms with Gasteiger partial charge in [0.2, 0.25) is 5.91 Å². The molecule has 4 aliphatic rings. The summed E-state index contributed by atoms with van der Waals surface area (Å²) in [5.74, 6) is 2.11. The summed E-state index contributed by atoms with van der Waals surface area (Å²) >= 11 is 0. The molecule has 25 heavy (non-hydrogen) atoms. The number of urea groups is 1. The highest BCUT2D eigenvalue weighted by molar-refractivity contribution is 5.89. The molecule has 0 bridgehead atoms. The molecule has 0 saturated heterocycles. The van der Waals surface area contributed by atoms with E-state index in [1.54, 1.807) is 6.08 Å². The lowest BCUT2D eigenvalue weighted by atomic mass is 9.48. The van der Waals surface area contributed by atoms with Gasteiger partial charge in [-0.25, -0.2) is 4.79 Å². The average Bonchev–Trinajstić information content (AvgIpc) is 2.88. The summed E-state index contributed by atoms with van der Waals surface area (Å²) in [6, 6.07) is 0.157. The fourth-order valence-corrected chi connectivity index (χ4v) is 7.15. The average molecular weight is 345 g/mol. The van der Waals surface area contributed by atoms with Crippen LogP contribution in [0.4, 0.5) is 4.79 Å². The molecule has 138 valence electrons. The zero-order valence-corrected chi connectivity index (χ0v) is 15.6. The van der Waals surface area contributed by atoms with E-state index in [4.69, 9.17) is 5.73 Å². The highest BCUT2D eigenvalue weighted by Gasteiger charge is 2.60. The molecule has 0 aromatic rings. The summed E-state index contributed by atoms with van der Waals surface area (Å²) in [5, 5.41) is 3.03. The molecule has 3 saturated carbocycles. The van der Waals surface area contributed by atoms with Gasteiger partial charge >= 0.3 is 6.03 Å². The summed E-state index contributed by atoms with van der Waals surface area (Å²) in [6.07, 6.45) is 10.8. The predicted octanol–water partition coefficient (Wildman–Crippen LogP) is 2.66. The Morgan fingerprint density at radius 3 is 2.68 bits per heavy atom. The lowest BCUT2D eigenvalue weighted by Crippen LogP contribution is -2.60. The topological polar surface area (TPSA) is 75.4 Å². The van der Waals surface area contributed by atoms with Crippen LogP contribution in [0.3, 0.4) is 0 Å².